The Kier molecular flexibility index (Phi) is 11.7. The molecule has 0 amide bonds. The molecule has 0 aromatic heterocycles. The van der Waals surface area contributed by atoms with E-state index >= 15 is 8.78 Å². The number of aryl methyl sites for hydroxylation is 1. The number of unbranched alkanes of at least 4 members (excludes halogenated alkanes) is 7. The number of benzene rings is 3. The zero-order valence-corrected chi connectivity index (χ0v) is 24.6. The van der Waals surface area contributed by atoms with Crippen LogP contribution in [0.5, 0.6) is 0 Å². The minimum Gasteiger partial charge on any atom is -0.206 e. The van der Waals surface area contributed by atoms with Crippen LogP contribution in [-0.2, 0) is 6.42 Å². The Bertz CT molecular complexity index is 1190. The fourth-order valence-corrected chi connectivity index (χ4v) is 6.50. The molecule has 3 heteroatoms. The van der Waals surface area contributed by atoms with Gasteiger partial charge in [-0.05, 0) is 78.7 Å². The lowest BCUT2D eigenvalue weighted by Gasteiger charge is -2.28. The van der Waals surface area contributed by atoms with Crippen molar-refractivity contribution in [3.63, 3.8) is 0 Å². The predicted molar refractivity (Wildman–Crippen MR) is 163 cm³/mol. The van der Waals surface area contributed by atoms with Gasteiger partial charge in [0.25, 0.3) is 0 Å². The Morgan fingerprint density at radius 2 is 1.20 bits per heavy atom. The Balaban J connectivity index is 1.35. The Morgan fingerprint density at radius 1 is 0.600 bits per heavy atom. The smallest absolute Gasteiger partial charge is 0.166 e. The van der Waals surface area contributed by atoms with Gasteiger partial charge in [0.15, 0.2) is 11.6 Å². The first-order valence-corrected chi connectivity index (χ1v) is 15.9. The van der Waals surface area contributed by atoms with Crippen molar-refractivity contribution in [2.75, 3.05) is 0 Å². The fourth-order valence-electron chi connectivity index (χ4n) is 6.50. The first-order valence-electron chi connectivity index (χ1n) is 15.9. The fraction of sp³-hybridized carbons (Fsp3) is 0.514. The second kappa shape index (κ2) is 15.5. The van der Waals surface area contributed by atoms with Crippen LogP contribution in [-0.4, -0.2) is 0 Å². The van der Waals surface area contributed by atoms with Crippen molar-refractivity contribution < 1.29 is 13.2 Å². The van der Waals surface area contributed by atoms with Crippen LogP contribution < -0.4 is 0 Å². The highest BCUT2D eigenvalue weighted by Gasteiger charge is 2.23. The summed E-state index contributed by atoms with van der Waals surface area (Å²) in [6.45, 7) is 4.46. The highest BCUT2D eigenvalue weighted by atomic mass is 19.2. The molecule has 1 fully saturated rings. The molecule has 0 atom stereocenters. The molecule has 3 aromatic carbocycles. The molecule has 0 radical (unpaired) electrons. The maximum Gasteiger partial charge on any atom is 0.166 e. The van der Waals surface area contributed by atoms with Gasteiger partial charge in [-0.3, -0.25) is 0 Å². The molecule has 1 saturated carbocycles. The van der Waals surface area contributed by atoms with Crippen LogP contribution in [0.1, 0.15) is 121 Å². The number of rotatable bonds is 14. The monoisotopic (exact) mass is 548 g/mol. The molecular formula is C37H47F3. The van der Waals surface area contributed by atoms with Crippen LogP contribution in [0.3, 0.4) is 0 Å². The third-order valence-electron chi connectivity index (χ3n) is 8.98. The van der Waals surface area contributed by atoms with Gasteiger partial charge in [0.1, 0.15) is 5.82 Å². The van der Waals surface area contributed by atoms with Crippen molar-refractivity contribution in [2.24, 2.45) is 5.92 Å². The van der Waals surface area contributed by atoms with Gasteiger partial charge in [0.2, 0.25) is 0 Å². The Morgan fingerprint density at radius 3 is 1.82 bits per heavy atom. The van der Waals surface area contributed by atoms with Crippen LogP contribution >= 0.6 is 0 Å². The van der Waals surface area contributed by atoms with Crippen LogP contribution in [0.2, 0.25) is 0 Å². The maximum atomic E-state index is 15.2. The molecule has 216 valence electrons. The van der Waals surface area contributed by atoms with E-state index in [9.17, 15) is 4.39 Å². The molecule has 1 aliphatic rings. The van der Waals surface area contributed by atoms with Crippen LogP contribution in [0.25, 0.3) is 22.3 Å². The van der Waals surface area contributed by atoms with Gasteiger partial charge < -0.3 is 0 Å². The van der Waals surface area contributed by atoms with Gasteiger partial charge in [0, 0.05) is 11.1 Å². The molecular weight excluding hydrogens is 501 g/mol. The van der Waals surface area contributed by atoms with Gasteiger partial charge in [-0.15, -0.1) is 0 Å². The van der Waals surface area contributed by atoms with Crippen LogP contribution in [0.4, 0.5) is 13.2 Å². The average molecular weight is 549 g/mol. The summed E-state index contributed by atoms with van der Waals surface area (Å²) >= 11 is 0. The van der Waals surface area contributed by atoms with Gasteiger partial charge in [-0.2, -0.15) is 0 Å². The molecule has 40 heavy (non-hydrogen) atoms. The van der Waals surface area contributed by atoms with Crippen molar-refractivity contribution in [3.8, 4) is 22.3 Å². The van der Waals surface area contributed by atoms with Crippen molar-refractivity contribution >= 4 is 0 Å². The zero-order chi connectivity index (χ0) is 28.3. The van der Waals surface area contributed by atoms with E-state index < -0.39 is 11.6 Å². The summed E-state index contributed by atoms with van der Waals surface area (Å²) in [7, 11) is 0. The molecule has 0 aliphatic heterocycles. The highest BCUT2D eigenvalue weighted by Crippen LogP contribution is 2.39. The molecule has 0 saturated heterocycles. The summed E-state index contributed by atoms with van der Waals surface area (Å²) in [4.78, 5) is 0. The minimum atomic E-state index is -0.797. The lowest BCUT2D eigenvalue weighted by molar-refractivity contribution is 0.308. The van der Waals surface area contributed by atoms with Crippen molar-refractivity contribution in [1.29, 1.82) is 0 Å². The van der Waals surface area contributed by atoms with Crippen LogP contribution in [0, 0.1) is 23.4 Å². The van der Waals surface area contributed by atoms with E-state index in [0.29, 0.717) is 29.0 Å². The summed E-state index contributed by atoms with van der Waals surface area (Å²) in [5.74, 6) is -0.490. The maximum absolute atomic E-state index is 15.2. The molecule has 0 bridgehead atoms. The first kappa shape index (κ1) is 30.4. The summed E-state index contributed by atoms with van der Waals surface area (Å²) in [6.07, 6.45) is 17.3. The first-order chi connectivity index (χ1) is 19.5. The normalized spacial score (nSPS) is 17.3. The number of hydrogen-bond acceptors (Lipinski definition) is 0. The summed E-state index contributed by atoms with van der Waals surface area (Å²) in [5.41, 5.74) is 3.68. The quantitative estimate of drug-likeness (QED) is 0.176. The minimum absolute atomic E-state index is 0.219. The number of hydrogen-bond donors (Lipinski definition) is 0. The lowest BCUT2D eigenvalue weighted by Crippen LogP contribution is -2.13. The molecule has 3 aromatic rings. The third kappa shape index (κ3) is 8.02. The lowest BCUT2D eigenvalue weighted by atomic mass is 9.77. The SMILES string of the molecule is CCCCCCCCCCc1ccc(-c2ccc(-c3ccc(C4CCC(CCC)CC4)cc3F)cc2)c(F)c1F. The van der Waals surface area contributed by atoms with Gasteiger partial charge >= 0.3 is 0 Å². The van der Waals surface area contributed by atoms with E-state index in [-0.39, 0.29) is 11.4 Å². The highest BCUT2D eigenvalue weighted by molar-refractivity contribution is 5.71. The standard InChI is InChI=1S/C37H47F3/c1-3-5-6-7-8-9-10-11-13-31-22-25-34(37(40)36(31)39)30-20-18-29(19-21-30)33-24-23-32(26-35(33)38)28-16-14-27(12-4-2)15-17-28/h18-28H,3-17H2,1-2H3. The topological polar surface area (TPSA) is 0 Å². The third-order valence-corrected chi connectivity index (χ3v) is 8.98. The Labute approximate surface area is 240 Å². The molecule has 0 unspecified atom stereocenters. The zero-order valence-electron chi connectivity index (χ0n) is 24.6. The van der Waals surface area contributed by atoms with E-state index in [1.165, 1.54) is 57.8 Å². The van der Waals surface area contributed by atoms with Crippen molar-refractivity contribution in [1.82, 2.24) is 0 Å². The van der Waals surface area contributed by atoms with E-state index in [0.717, 1.165) is 49.1 Å². The van der Waals surface area contributed by atoms with Crippen LogP contribution in [0.15, 0.2) is 54.6 Å². The van der Waals surface area contributed by atoms with E-state index in [4.69, 9.17) is 0 Å². The second-order valence-corrected chi connectivity index (χ2v) is 11.9. The van der Waals surface area contributed by atoms with E-state index in [1.807, 2.05) is 6.07 Å². The molecule has 0 spiro atoms. The molecule has 0 heterocycles. The van der Waals surface area contributed by atoms with Gasteiger partial charge in [0.05, 0.1) is 0 Å². The summed E-state index contributed by atoms with van der Waals surface area (Å²) in [6, 6.07) is 16.2. The van der Waals surface area contributed by atoms with E-state index in [2.05, 4.69) is 19.9 Å². The molecule has 1 aliphatic carbocycles. The van der Waals surface area contributed by atoms with Gasteiger partial charge in [-0.1, -0.05) is 120 Å². The number of halogens is 3. The largest absolute Gasteiger partial charge is 0.206 e. The van der Waals surface area contributed by atoms with E-state index in [1.54, 1.807) is 42.5 Å². The van der Waals surface area contributed by atoms with Gasteiger partial charge in [-0.25, -0.2) is 13.2 Å². The van der Waals surface area contributed by atoms with Crippen molar-refractivity contribution in [2.45, 2.75) is 116 Å². The molecule has 4 rings (SSSR count). The second-order valence-electron chi connectivity index (χ2n) is 11.9. The summed E-state index contributed by atoms with van der Waals surface area (Å²) in [5, 5.41) is 0. The Hall–Kier alpha value is -2.55. The van der Waals surface area contributed by atoms with Crippen molar-refractivity contribution in [3.05, 3.63) is 83.2 Å². The summed E-state index contributed by atoms with van der Waals surface area (Å²) < 4.78 is 45.1. The average Bonchev–Trinajstić information content (AvgIpc) is 2.97. The molecule has 0 nitrogen and oxygen atoms in total. The predicted octanol–water partition coefficient (Wildman–Crippen LogP) is 12.2. The molecule has 0 N–H and O–H groups in total.